The fraction of sp³-hybridized carbons (Fsp3) is 0.833. The summed E-state index contributed by atoms with van der Waals surface area (Å²) in [7, 11) is 1.37. The molecule has 2 rings (SSSR count). The Labute approximate surface area is 117 Å². The van der Waals surface area contributed by atoms with E-state index in [9.17, 15) is 4.79 Å². The monoisotopic (exact) mass is 284 g/mol. The van der Waals surface area contributed by atoms with Gasteiger partial charge in [-0.3, -0.25) is 4.79 Å². The van der Waals surface area contributed by atoms with Crippen LogP contribution in [-0.4, -0.2) is 38.5 Å². The number of carbonyl (C=O) groups excluding carboxylic acids is 1. The van der Waals surface area contributed by atoms with Crippen LogP contribution in [0.25, 0.3) is 0 Å². The van der Waals surface area contributed by atoms with Gasteiger partial charge in [0.15, 0.2) is 0 Å². The SMILES string of the molecule is CCC1CCCCC1Sc1nnnn1CC(=O)OC. The molecule has 0 aromatic carbocycles. The predicted octanol–water partition coefficient (Wildman–Crippen LogP) is 1.91. The Morgan fingerprint density at radius 1 is 1.47 bits per heavy atom. The number of ether oxygens (including phenoxy) is 1. The summed E-state index contributed by atoms with van der Waals surface area (Å²) in [5, 5.41) is 12.8. The Morgan fingerprint density at radius 2 is 2.26 bits per heavy atom. The zero-order valence-electron chi connectivity index (χ0n) is 11.4. The normalized spacial score (nSPS) is 23.3. The fourth-order valence-electron chi connectivity index (χ4n) is 2.50. The van der Waals surface area contributed by atoms with Crippen molar-refractivity contribution in [2.45, 2.75) is 56.0 Å². The molecule has 0 bridgehead atoms. The minimum atomic E-state index is -0.329. The van der Waals surface area contributed by atoms with Crippen molar-refractivity contribution in [2.24, 2.45) is 5.92 Å². The average Bonchev–Trinajstić information content (AvgIpc) is 2.86. The van der Waals surface area contributed by atoms with Crippen molar-refractivity contribution in [3.8, 4) is 0 Å². The molecule has 19 heavy (non-hydrogen) atoms. The molecule has 0 N–H and O–H groups in total. The van der Waals surface area contributed by atoms with Crippen molar-refractivity contribution in [2.75, 3.05) is 7.11 Å². The highest BCUT2D eigenvalue weighted by Crippen LogP contribution is 2.37. The van der Waals surface area contributed by atoms with Gasteiger partial charge in [-0.2, -0.15) is 0 Å². The molecule has 6 nitrogen and oxygen atoms in total. The first-order valence-corrected chi connectivity index (χ1v) is 7.62. The van der Waals surface area contributed by atoms with Crippen molar-refractivity contribution in [1.29, 1.82) is 0 Å². The molecule has 106 valence electrons. The van der Waals surface area contributed by atoms with Crippen molar-refractivity contribution in [3.63, 3.8) is 0 Å². The number of thioether (sulfide) groups is 1. The molecule has 1 heterocycles. The molecule has 2 unspecified atom stereocenters. The van der Waals surface area contributed by atoms with Gasteiger partial charge in [-0.05, 0) is 29.2 Å². The van der Waals surface area contributed by atoms with E-state index >= 15 is 0 Å². The summed E-state index contributed by atoms with van der Waals surface area (Å²) < 4.78 is 6.17. The Kier molecular flexibility index (Phi) is 5.18. The van der Waals surface area contributed by atoms with E-state index in [0.717, 1.165) is 11.1 Å². The molecule has 0 aliphatic heterocycles. The smallest absolute Gasteiger partial charge is 0.327 e. The lowest BCUT2D eigenvalue weighted by atomic mass is 9.87. The highest BCUT2D eigenvalue weighted by molar-refractivity contribution is 7.99. The highest BCUT2D eigenvalue weighted by Gasteiger charge is 2.26. The molecule has 1 aromatic heterocycles. The Hall–Kier alpha value is -1.11. The van der Waals surface area contributed by atoms with Crippen LogP contribution in [-0.2, 0) is 16.1 Å². The molecule has 7 heteroatoms. The van der Waals surface area contributed by atoms with E-state index in [1.807, 2.05) is 0 Å². The van der Waals surface area contributed by atoms with Gasteiger partial charge in [0.25, 0.3) is 0 Å². The first-order chi connectivity index (χ1) is 9.24. The second-order valence-corrected chi connectivity index (χ2v) is 6.01. The standard InChI is InChI=1S/C12H20N4O2S/c1-3-9-6-4-5-7-10(9)19-12-13-14-15-16(12)8-11(17)18-2/h9-10H,3-8H2,1-2H3. The number of carbonyl (C=O) groups is 1. The number of nitrogens with zero attached hydrogens (tertiary/aromatic N) is 4. The summed E-state index contributed by atoms with van der Waals surface area (Å²) in [4.78, 5) is 11.3. The van der Waals surface area contributed by atoms with E-state index in [1.54, 1.807) is 11.8 Å². The Balaban J connectivity index is 2.01. The number of tetrazole rings is 1. The van der Waals surface area contributed by atoms with Gasteiger partial charge in [-0.15, -0.1) is 5.10 Å². The van der Waals surface area contributed by atoms with E-state index in [-0.39, 0.29) is 12.5 Å². The van der Waals surface area contributed by atoms with E-state index in [1.165, 1.54) is 43.9 Å². The van der Waals surface area contributed by atoms with E-state index < -0.39 is 0 Å². The lowest BCUT2D eigenvalue weighted by Crippen LogP contribution is -2.22. The number of methoxy groups -OCH3 is 1. The fourth-order valence-corrected chi connectivity index (χ4v) is 3.88. The maximum absolute atomic E-state index is 11.3. The molecule has 1 aliphatic rings. The molecule has 2 atom stereocenters. The van der Waals surface area contributed by atoms with Crippen molar-refractivity contribution < 1.29 is 9.53 Å². The maximum atomic E-state index is 11.3. The topological polar surface area (TPSA) is 69.9 Å². The summed E-state index contributed by atoms with van der Waals surface area (Å²) in [5.41, 5.74) is 0. The van der Waals surface area contributed by atoms with Gasteiger partial charge in [-0.25, -0.2) is 4.68 Å². The summed E-state index contributed by atoms with van der Waals surface area (Å²) in [6.45, 7) is 2.32. The zero-order chi connectivity index (χ0) is 13.7. The van der Waals surface area contributed by atoms with Crippen LogP contribution >= 0.6 is 11.8 Å². The maximum Gasteiger partial charge on any atom is 0.327 e. The van der Waals surface area contributed by atoms with Gasteiger partial charge in [0.05, 0.1) is 7.11 Å². The largest absolute Gasteiger partial charge is 0.468 e. The van der Waals surface area contributed by atoms with Crippen LogP contribution in [0.3, 0.4) is 0 Å². The van der Waals surface area contributed by atoms with Gasteiger partial charge < -0.3 is 4.74 Å². The first-order valence-electron chi connectivity index (χ1n) is 6.74. The predicted molar refractivity (Wildman–Crippen MR) is 71.7 cm³/mol. The van der Waals surface area contributed by atoms with Crippen LogP contribution in [0, 0.1) is 5.92 Å². The second-order valence-electron chi connectivity index (χ2n) is 4.80. The number of hydrogen-bond acceptors (Lipinski definition) is 6. The van der Waals surface area contributed by atoms with Crippen LogP contribution in [0.15, 0.2) is 5.16 Å². The van der Waals surface area contributed by atoms with Crippen LogP contribution < -0.4 is 0 Å². The van der Waals surface area contributed by atoms with Gasteiger partial charge in [0.2, 0.25) is 5.16 Å². The zero-order valence-corrected chi connectivity index (χ0v) is 12.2. The number of aromatic nitrogens is 4. The summed E-state index contributed by atoms with van der Waals surface area (Å²) in [6.07, 6.45) is 6.27. The third-order valence-corrected chi connectivity index (χ3v) is 5.05. The number of esters is 1. The van der Waals surface area contributed by atoms with Crippen molar-refractivity contribution >= 4 is 17.7 Å². The van der Waals surface area contributed by atoms with Crippen LogP contribution in [0.2, 0.25) is 0 Å². The Bertz CT molecular complexity index is 424. The van der Waals surface area contributed by atoms with Crippen LogP contribution in [0.5, 0.6) is 0 Å². The summed E-state index contributed by atoms with van der Waals surface area (Å²) in [5.74, 6) is 0.395. The molecular formula is C12H20N4O2S. The number of hydrogen-bond donors (Lipinski definition) is 0. The molecule has 0 saturated heterocycles. The van der Waals surface area contributed by atoms with E-state index in [4.69, 9.17) is 0 Å². The van der Waals surface area contributed by atoms with Crippen LogP contribution in [0.1, 0.15) is 39.0 Å². The van der Waals surface area contributed by atoms with Gasteiger partial charge in [-0.1, -0.05) is 37.9 Å². The first kappa shape index (κ1) is 14.3. The van der Waals surface area contributed by atoms with Gasteiger partial charge in [0, 0.05) is 5.25 Å². The van der Waals surface area contributed by atoms with E-state index in [2.05, 4.69) is 27.2 Å². The van der Waals surface area contributed by atoms with E-state index in [0.29, 0.717) is 5.25 Å². The molecule has 0 radical (unpaired) electrons. The highest BCUT2D eigenvalue weighted by atomic mass is 32.2. The molecular weight excluding hydrogens is 264 g/mol. The summed E-state index contributed by atoms with van der Waals surface area (Å²) in [6, 6.07) is 0. The minimum Gasteiger partial charge on any atom is -0.468 e. The number of rotatable bonds is 5. The third-order valence-electron chi connectivity index (χ3n) is 3.63. The van der Waals surface area contributed by atoms with Crippen molar-refractivity contribution in [1.82, 2.24) is 20.2 Å². The Morgan fingerprint density at radius 3 is 3.00 bits per heavy atom. The second kappa shape index (κ2) is 6.88. The third kappa shape index (κ3) is 3.68. The molecule has 1 aliphatic carbocycles. The summed E-state index contributed by atoms with van der Waals surface area (Å²) >= 11 is 1.70. The molecule has 1 fully saturated rings. The molecule has 1 saturated carbocycles. The molecule has 0 spiro atoms. The van der Waals surface area contributed by atoms with Crippen molar-refractivity contribution in [3.05, 3.63) is 0 Å². The van der Waals surface area contributed by atoms with Gasteiger partial charge >= 0.3 is 5.97 Å². The minimum absolute atomic E-state index is 0.0787. The van der Waals surface area contributed by atoms with Gasteiger partial charge in [0.1, 0.15) is 6.54 Å². The lowest BCUT2D eigenvalue weighted by molar-refractivity contribution is -0.141. The molecule has 1 aromatic rings. The average molecular weight is 284 g/mol. The quantitative estimate of drug-likeness (QED) is 0.769. The molecule has 0 amide bonds. The van der Waals surface area contributed by atoms with Crippen LogP contribution in [0.4, 0.5) is 0 Å². The lowest BCUT2D eigenvalue weighted by Gasteiger charge is -2.29.